The number of benzene rings is 3. The lowest BCUT2D eigenvalue weighted by Crippen LogP contribution is -2.25. The highest BCUT2D eigenvalue weighted by Gasteiger charge is 2.30. The number of rotatable bonds is 9. The highest BCUT2D eigenvalue weighted by Crippen LogP contribution is 2.33. The summed E-state index contributed by atoms with van der Waals surface area (Å²) in [5, 5.41) is 14.4. The Bertz CT molecular complexity index is 1420. The van der Waals surface area contributed by atoms with E-state index in [1.807, 2.05) is 32.0 Å². The Kier molecular flexibility index (Phi) is 9.15. The Labute approximate surface area is 237 Å². The number of anilines is 2. The molecule has 0 radical (unpaired) electrons. The number of fused-ring (bicyclic) bond motifs is 1. The lowest BCUT2D eigenvalue weighted by Gasteiger charge is -2.25. The molecule has 2 amide bonds. The molecule has 216 valence electrons. The highest BCUT2D eigenvalue weighted by molar-refractivity contribution is 5.99. The zero-order chi connectivity index (χ0) is 29.7. The van der Waals surface area contributed by atoms with Crippen molar-refractivity contribution in [3.05, 3.63) is 83.4 Å². The number of carbonyl (C=O) groups is 3. The van der Waals surface area contributed by atoms with Gasteiger partial charge in [-0.3, -0.25) is 9.59 Å². The van der Waals surface area contributed by atoms with Crippen molar-refractivity contribution in [3.8, 4) is 11.1 Å². The standard InChI is InChI=1S/C32H33F3N2O4/c1-19(2)29(30(39)40)18-28(38)15-20-6-7-24-16-23(9-8-22(24)14-20)21-10-12-26(13-11-21)36-31(41)37-27-5-3-4-25(17-27)32(33,34)35/h3-5,8-13,16-17,19-20,29H,6-7,14-15,18H2,1-2H3,(H,39,40)(H2,36,37,41). The second-order valence-electron chi connectivity index (χ2n) is 11.0. The number of hydrogen-bond donors (Lipinski definition) is 3. The predicted octanol–water partition coefficient (Wildman–Crippen LogP) is 7.83. The second kappa shape index (κ2) is 12.6. The van der Waals surface area contributed by atoms with Crippen LogP contribution < -0.4 is 10.6 Å². The van der Waals surface area contributed by atoms with E-state index in [-0.39, 0.29) is 29.7 Å². The van der Waals surface area contributed by atoms with Crippen molar-refractivity contribution < 1.29 is 32.7 Å². The number of Topliss-reactive ketones (excluding diaryl/α,β-unsaturated/α-hetero) is 1. The van der Waals surface area contributed by atoms with Gasteiger partial charge in [0.1, 0.15) is 5.78 Å². The van der Waals surface area contributed by atoms with E-state index in [4.69, 9.17) is 0 Å². The second-order valence-corrected chi connectivity index (χ2v) is 11.0. The molecule has 0 saturated carbocycles. The van der Waals surface area contributed by atoms with Gasteiger partial charge in [-0.25, -0.2) is 4.79 Å². The van der Waals surface area contributed by atoms with Gasteiger partial charge < -0.3 is 15.7 Å². The van der Waals surface area contributed by atoms with Gasteiger partial charge in [0, 0.05) is 24.2 Å². The summed E-state index contributed by atoms with van der Waals surface area (Å²) in [6.45, 7) is 3.65. The molecule has 1 aliphatic rings. The Morgan fingerprint density at radius 3 is 2.24 bits per heavy atom. The lowest BCUT2D eigenvalue weighted by molar-refractivity contribution is -0.145. The van der Waals surface area contributed by atoms with Gasteiger partial charge in [-0.05, 0) is 83.7 Å². The first-order valence-corrected chi connectivity index (χ1v) is 13.6. The highest BCUT2D eigenvalue weighted by atomic mass is 19.4. The summed E-state index contributed by atoms with van der Waals surface area (Å²) < 4.78 is 38.7. The maximum Gasteiger partial charge on any atom is 0.416 e. The topological polar surface area (TPSA) is 95.5 Å². The van der Waals surface area contributed by atoms with Crippen LogP contribution in [0.1, 0.15) is 49.8 Å². The van der Waals surface area contributed by atoms with Crippen molar-refractivity contribution in [1.82, 2.24) is 0 Å². The number of carboxylic acid groups (broad SMARTS) is 1. The van der Waals surface area contributed by atoms with Crippen LogP contribution in [0.15, 0.2) is 66.7 Å². The molecule has 1 aliphatic carbocycles. The van der Waals surface area contributed by atoms with Crippen molar-refractivity contribution in [2.24, 2.45) is 17.8 Å². The van der Waals surface area contributed by atoms with Gasteiger partial charge in [0.25, 0.3) is 0 Å². The van der Waals surface area contributed by atoms with Crippen LogP contribution in [0.3, 0.4) is 0 Å². The third-order valence-corrected chi connectivity index (χ3v) is 7.55. The van der Waals surface area contributed by atoms with Crippen molar-refractivity contribution in [2.45, 2.75) is 52.1 Å². The average Bonchev–Trinajstić information content (AvgIpc) is 2.91. The van der Waals surface area contributed by atoms with Crippen LogP contribution in [0.5, 0.6) is 0 Å². The van der Waals surface area contributed by atoms with Crippen molar-refractivity contribution >= 4 is 29.2 Å². The summed E-state index contributed by atoms with van der Waals surface area (Å²) in [4.78, 5) is 36.3. The summed E-state index contributed by atoms with van der Waals surface area (Å²) in [5.74, 6) is -1.44. The number of alkyl halides is 3. The number of aliphatic carboxylic acids is 1. The molecule has 0 bridgehead atoms. The lowest BCUT2D eigenvalue weighted by atomic mass is 9.79. The molecule has 0 saturated heterocycles. The molecule has 0 spiro atoms. The molecule has 3 aromatic rings. The molecule has 41 heavy (non-hydrogen) atoms. The van der Waals surface area contributed by atoms with Gasteiger partial charge in [0.15, 0.2) is 0 Å². The van der Waals surface area contributed by atoms with Crippen LogP contribution >= 0.6 is 0 Å². The van der Waals surface area contributed by atoms with E-state index in [0.717, 1.165) is 42.5 Å². The molecular formula is C32H33F3N2O4. The van der Waals surface area contributed by atoms with Gasteiger partial charge >= 0.3 is 18.2 Å². The molecule has 3 N–H and O–H groups in total. The van der Waals surface area contributed by atoms with Crippen LogP contribution in [0.25, 0.3) is 11.1 Å². The summed E-state index contributed by atoms with van der Waals surface area (Å²) >= 11 is 0. The van der Waals surface area contributed by atoms with Crippen LogP contribution in [-0.2, 0) is 28.6 Å². The number of urea groups is 1. The third-order valence-electron chi connectivity index (χ3n) is 7.55. The smallest absolute Gasteiger partial charge is 0.416 e. The van der Waals surface area contributed by atoms with E-state index in [2.05, 4.69) is 22.8 Å². The maximum absolute atomic E-state index is 12.9. The quantitative estimate of drug-likeness (QED) is 0.246. The first-order chi connectivity index (χ1) is 19.4. The molecule has 2 unspecified atom stereocenters. The van der Waals surface area contributed by atoms with E-state index < -0.39 is 29.7 Å². The molecule has 0 fully saturated rings. The fraction of sp³-hybridized carbons (Fsp3) is 0.344. The minimum absolute atomic E-state index is 0.00776. The molecule has 2 atom stereocenters. The summed E-state index contributed by atoms with van der Waals surface area (Å²) in [7, 11) is 0. The molecule has 0 aliphatic heterocycles. The normalized spacial score (nSPS) is 15.6. The minimum atomic E-state index is -4.50. The van der Waals surface area contributed by atoms with Crippen molar-refractivity contribution in [3.63, 3.8) is 0 Å². The van der Waals surface area contributed by atoms with Gasteiger partial charge in [0.2, 0.25) is 0 Å². The zero-order valence-electron chi connectivity index (χ0n) is 22.9. The van der Waals surface area contributed by atoms with Crippen LogP contribution in [0.4, 0.5) is 29.3 Å². The van der Waals surface area contributed by atoms with E-state index in [9.17, 15) is 32.7 Å². The van der Waals surface area contributed by atoms with Gasteiger partial charge in [0.05, 0.1) is 11.5 Å². The van der Waals surface area contributed by atoms with E-state index in [1.54, 1.807) is 12.1 Å². The Morgan fingerprint density at radius 2 is 1.59 bits per heavy atom. The molecule has 0 aromatic heterocycles. The molecule has 3 aromatic carbocycles. The Morgan fingerprint density at radius 1 is 0.902 bits per heavy atom. The fourth-order valence-corrected chi connectivity index (χ4v) is 5.26. The summed E-state index contributed by atoms with van der Waals surface area (Å²) in [6, 6.07) is 17.2. The first-order valence-electron chi connectivity index (χ1n) is 13.6. The summed E-state index contributed by atoms with van der Waals surface area (Å²) in [6.07, 6.45) is -1.54. The molecule has 9 heteroatoms. The molecular weight excluding hydrogens is 533 g/mol. The average molecular weight is 567 g/mol. The number of carbonyl (C=O) groups excluding carboxylic acids is 2. The largest absolute Gasteiger partial charge is 0.481 e. The van der Waals surface area contributed by atoms with Crippen LogP contribution in [0, 0.1) is 17.8 Å². The van der Waals surface area contributed by atoms with Gasteiger partial charge in [-0.15, -0.1) is 0 Å². The summed E-state index contributed by atoms with van der Waals surface area (Å²) in [5.41, 5.74) is 4.06. The van der Waals surface area contributed by atoms with Crippen molar-refractivity contribution in [1.29, 1.82) is 0 Å². The van der Waals surface area contributed by atoms with E-state index in [1.165, 1.54) is 23.3 Å². The number of aryl methyl sites for hydroxylation is 1. The number of halogens is 3. The SMILES string of the molecule is CC(C)C(CC(=O)CC1CCc2cc(-c3ccc(NC(=O)Nc4cccc(C(F)(F)F)c4)cc3)ccc2C1)C(=O)O. The van der Waals surface area contributed by atoms with E-state index >= 15 is 0 Å². The van der Waals surface area contributed by atoms with Crippen molar-refractivity contribution in [2.75, 3.05) is 10.6 Å². The Balaban J connectivity index is 1.33. The number of nitrogens with one attached hydrogen (secondary N) is 2. The molecule has 4 rings (SSSR count). The third kappa shape index (κ3) is 7.96. The van der Waals surface area contributed by atoms with Gasteiger partial charge in [-0.1, -0.05) is 50.2 Å². The fourth-order valence-electron chi connectivity index (χ4n) is 5.26. The van der Waals surface area contributed by atoms with Crippen LogP contribution in [0.2, 0.25) is 0 Å². The van der Waals surface area contributed by atoms with Crippen LogP contribution in [-0.4, -0.2) is 22.9 Å². The van der Waals surface area contributed by atoms with Gasteiger partial charge in [-0.2, -0.15) is 13.2 Å². The monoisotopic (exact) mass is 566 g/mol. The number of amides is 2. The number of hydrogen-bond acceptors (Lipinski definition) is 3. The minimum Gasteiger partial charge on any atom is -0.481 e. The molecule has 0 heterocycles. The zero-order valence-corrected chi connectivity index (χ0v) is 22.9. The predicted molar refractivity (Wildman–Crippen MR) is 152 cm³/mol. The maximum atomic E-state index is 12.9. The Hall–Kier alpha value is -4.14. The molecule has 6 nitrogen and oxygen atoms in total. The van der Waals surface area contributed by atoms with E-state index in [0.29, 0.717) is 12.1 Å². The number of ketones is 1. The first kappa shape index (κ1) is 29.8. The number of carboxylic acids is 1.